The summed E-state index contributed by atoms with van der Waals surface area (Å²) < 4.78 is 15.9. The highest BCUT2D eigenvalue weighted by Gasteiger charge is 2.28. The maximum absolute atomic E-state index is 13.5. The Kier molecular flexibility index (Phi) is 7.98. The van der Waals surface area contributed by atoms with Crippen molar-refractivity contribution in [3.8, 4) is 5.75 Å². The van der Waals surface area contributed by atoms with Crippen molar-refractivity contribution in [1.82, 2.24) is 14.5 Å². The summed E-state index contributed by atoms with van der Waals surface area (Å²) in [6.07, 6.45) is 3.20. The van der Waals surface area contributed by atoms with Crippen LogP contribution in [0.25, 0.3) is 10.8 Å². The summed E-state index contributed by atoms with van der Waals surface area (Å²) in [6, 6.07) is 25.3. The second-order valence-electron chi connectivity index (χ2n) is 8.91. The number of benzene rings is 3. The molecule has 0 radical (unpaired) electrons. The Balaban J connectivity index is 1.41. The van der Waals surface area contributed by atoms with Crippen LogP contribution in [-0.4, -0.2) is 34.7 Å². The average Bonchev–Trinajstić information content (AvgIpc) is 3.16. The fraction of sp³-hybridized carbons (Fsp3) is 0.286. The number of hydrogen-bond donors (Lipinski definition) is 0. The number of rotatable bonds is 7. The second-order valence-corrected chi connectivity index (χ2v) is 10.9. The van der Waals surface area contributed by atoms with Crippen LogP contribution in [0.4, 0.5) is 0 Å². The highest BCUT2D eigenvalue weighted by molar-refractivity contribution is 7.45. The lowest BCUT2D eigenvalue weighted by Gasteiger charge is -2.27. The zero-order valence-corrected chi connectivity index (χ0v) is 21.9. The summed E-state index contributed by atoms with van der Waals surface area (Å²) in [5.74, 6) is 0.796. The van der Waals surface area contributed by atoms with E-state index in [1.54, 1.807) is 11.8 Å². The lowest BCUT2D eigenvalue weighted by molar-refractivity contribution is 0.305. The van der Waals surface area contributed by atoms with Crippen molar-refractivity contribution in [2.45, 2.75) is 31.7 Å². The van der Waals surface area contributed by atoms with Gasteiger partial charge in [-0.05, 0) is 55.2 Å². The maximum Gasteiger partial charge on any atom is 0.320 e. The van der Waals surface area contributed by atoms with Crippen molar-refractivity contribution in [3.05, 3.63) is 105 Å². The van der Waals surface area contributed by atoms with Crippen molar-refractivity contribution in [2.75, 3.05) is 20.2 Å². The number of nitrogens with zero attached hydrogens (tertiary/aromatic N) is 3. The first kappa shape index (κ1) is 24.9. The summed E-state index contributed by atoms with van der Waals surface area (Å²) in [6.45, 7) is 1.61. The van der Waals surface area contributed by atoms with Gasteiger partial charge in [-0.1, -0.05) is 60.1 Å². The summed E-state index contributed by atoms with van der Waals surface area (Å²) in [5, 5.41) is 7.23. The Bertz CT molecular complexity index is 1380. The fourth-order valence-corrected chi connectivity index (χ4v) is 6.27. The van der Waals surface area contributed by atoms with Crippen molar-refractivity contribution in [2.24, 2.45) is 0 Å². The molecule has 8 heteroatoms. The molecular formula is C28H29ClN3O3P. The molecule has 1 aliphatic heterocycles. The Morgan fingerprint density at radius 1 is 0.972 bits per heavy atom. The fourth-order valence-electron chi connectivity index (χ4n) is 4.75. The van der Waals surface area contributed by atoms with Gasteiger partial charge in [-0.25, -0.2) is 9.35 Å². The molecule has 1 fully saturated rings. The molecule has 186 valence electrons. The largest absolute Gasteiger partial charge is 0.436 e. The molecule has 0 aliphatic carbocycles. The van der Waals surface area contributed by atoms with E-state index in [9.17, 15) is 4.79 Å². The van der Waals surface area contributed by atoms with E-state index in [4.69, 9.17) is 25.7 Å². The molecule has 0 N–H and O–H groups in total. The van der Waals surface area contributed by atoms with Gasteiger partial charge >= 0.3 is 8.53 Å². The van der Waals surface area contributed by atoms with Crippen molar-refractivity contribution in [3.63, 3.8) is 0 Å². The summed E-state index contributed by atoms with van der Waals surface area (Å²) in [7, 11) is 0.465. The van der Waals surface area contributed by atoms with Gasteiger partial charge in [0.25, 0.3) is 5.56 Å². The lowest BCUT2D eigenvalue weighted by Crippen LogP contribution is -2.30. The molecule has 2 atom stereocenters. The van der Waals surface area contributed by atoms with Crippen LogP contribution in [-0.2, 0) is 10.9 Å². The monoisotopic (exact) mass is 521 g/mol. The molecule has 6 nitrogen and oxygen atoms in total. The van der Waals surface area contributed by atoms with E-state index >= 15 is 0 Å². The Morgan fingerprint density at radius 2 is 1.75 bits per heavy atom. The Morgan fingerprint density at radius 3 is 2.53 bits per heavy atom. The quantitative estimate of drug-likeness (QED) is 0.256. The maximum atomic E-state index is 13.5. The SMILES string of the molecule is COP(Oc1ccccc1)N1CCCC(n2nc(Cc3cccc(Cl)c3)c3ccccc3c2=O)CC1. The van der Waals surface area contributed by atoms with Crippen LogP contribution in [0.2, 0.25) is 5.02 Å². The van der Waals surface area contributed by atoms with Crippen LogP contribution in [0.5, 0.6) is 5.75 Å². The zero-order chi connectivity index (χ0) is 24.9. The first-order valence-corrected chi connectivity index (χ1v) is 13.7. The average molecular weight is 522 g/mol. The molecule has 1 aromatic heterocycles. The number of fused-ring (bicyclic) bond motifs is 1. The molecule has 0 saturated carbocycles. The molecule has 4 aromatic rings. The van der Waals surface area contributed by atoms with Crippen LogP contribution in [0, 0.1) is 0 Å². The number of halogens is 1. The van der Waals surface area contributed by atoms with E-state index in [2.05, 4.69) is 4.67 Å². The van der Waals surface area contributed by atoms with Gasteiger partial charge in [0.05, 0.1) is 17.1 Å². The minimum absolute atomic E-state index is 0.00986. The molecule has 1 saturated heterocycles. The first-order chi connectivity index (χ1) is 17.6. The van der Waals surface area contributed by atoms with Crippen LogP contribution in [0.3, 0.4) is 0 Å². The zero-order valence-electron chi connectivity index (χ0n) is 20.2. The van der Waals surface area contributed by atoms with Gasteiger partial charge < -0.3 is 9.05 Å². The Labute approximate surface area is 217 Å². The van der Waals surface area contributed by atoms with E-state index in [1.807, 2.05) is 78.9 Å². The number of para-hydroxylation sites is 1. The molecule has 3 aromatic carbocycles. The normalized spacial score (nSPS) is 17.6. The van der Waals surface area contributed by atoms with Gasteiger partial charge in [0.15, 0.2) is 0 Å². The standard InChI is InChI=1S/C28H29ClN3O3P/c1-34-36(35-24-12-3-2-4-13-24)31-17-8-11-23(16-18-31)32-28(33)26-15-6-5-14-25(26)27(30-32)20-21-9-7-10-22(29)19-21/h2-7,9-10,12-15,19,23H,8,11,16-18,20H2,1H3. The summed E-state index contributed by atoms with van der Waals surface area (Å²) in [4.78, 5) is 13.5. The molecule has 5 rings (SSSR count). The third-order valence-corrected chi connectivity index (χ3v) is 8.28. The van der Waals surface area contributed by atoms with Crippen molar-refractivity contribution in [1.29, 1.82) is 0 Å². The minimum atomic E-state index is -1.22. The van der Waals surface area contributed by atoms with Crippen LogP contribution in [0.15, 0.2) is 83.7 Å². The third kappa shape index (κ3) is 5.63. The minimum Gasteiger partial charge on any atom is -0.436 e. The number of aromatic nitrogens is 2. The molecule has 0 spiro atoms. The number of hydrogen-bond acceptors (Lipinski definition) is 5. The molecule has 0 bridgehead atoms. The van der Waals surface area contributed by atoms with Crippen LogP contribution < -0.4 is 10.1 Å². The predicted octanol–water partition coefficient (Wildman–Crippen LogP) is 6.62. The predicted molar refractivity (Wildman–Crippen MR) is 146 cm³/mol. The van der Waals surface area contributed by atoms with Crippen molar-refractivity contribution >= 4 is 30.9 Å². The van der Waals surface area contributed by atoms with E-state index < -0.39 is 8.53 Å². The van der Waals surface area contributed by atoms with Gasteiger partial charge in [-0.15, -0.1) is 0 Å². The first-order valence-electron chi connectivity index (χ1n) is 12.2. The summed E-state index contributed by atoms with van der Waals surface area (Å²) in [5.41, 5.74) is 1.93. The van der Waals surface area contributed by atoms with E-state index in [0.717, 1.165) is 54.7 Å². The van der Waals surface area contributed by atoms with Crippen LogP contribution in [0.1, 0.15) is 36.6 Å². The highest BCUT2D eigenvalue weighted by atomic mass is 35.5. The highest BCUT2D eigenvalue weighted by Crippen LogP contribution is 2.44. The van der Waals surface area contributed by atoms with Gasteiger partial charge in [0, 0.05) is 37.0 Å². The molecule has 2 unspecified atom stereocenters. The van der Waals surface area contributed by atoms with Crippen LogP contribution >= 0.6 is 20.1 Å². The van der Waals surface area contributed by atoms with E-state index in [1.165, 1.54) is 0 Å². The smallest absolute Gasteiger partial charge is 0.320 e. The van der Waals surface area contributed by atoms with Gasteiger partial charge in [-0.2, -0.15) is 5.10 Å². The van der Waals surface area contributed by atoms with Gasteiger partial charge in [0.2, 0.25) is 0 Å². The topological polar surface area (TPSA) is 56.6 Å². The molecule has 1 aliphatic rings. The molecular weight excluding hydrogens is 493 g/mol. The van der Waals surface area contributed by atoms with E-state index in [0.29, 0.717) is 16.8 Å². The van der Waals surface area contributed by atoms with Gasteiger partial charge in [0.1, 0.15) is 5.75 Å². The molecule has 2 heterocycles. The summed E-state index contributed by atoms with van der Waals surface area (Å²) >= 11 is 6.23. The van der Waals surface area contributed by atoms with Gasteiger partial charge in [-0.3, -0.25) is 4.79 Å². The lowest BCUT2D eigenvalue weighted by atomic mass is 10.0. The van der Waals surface area contributed by atoms with E-state index in [-0.39, 0.29) is 11.6 Å². The molecule has 36 heavy (non-hydrogen) atoms. The molecule has 0 amide bonds. The Hall–Kier alpha value is -2.76. The van der Waals surface area contributed by atoms with Crippen molar-refractivity contribution < 1.29 is 9.05 Å². The third-order valence-electron chi connectivity index (χ3n) is 6.50. The second kappa shape index (κ2) is 11.5.